The third kappa shape index (κ3) is 14.5. The van der Waals surface area contributed by atoms with Crippen molar-refractivity contribution >= 4 is 5.91 Å². The molecule has 0 aliphatic rings. The van der Waals surface area contributed by atoms with Gasteiger partial charge < -0.3 is 0 Å². The van der Waals surface area contributed by atoms with Crippen LogP contribution in [0.2, 0.25) is 0 Å². The smallest absolute Gasteiger partial charge is 0.257 e. The summed E-state index contributed by atoms with van der Waals surface area (Å²) >= 11 is 0. The second-order valence-electron chi connectivity index (χ2n) is 7.86. The number of hydrazine groups is 1. The fourth-order valence-electron chi connectivity index (χ4n) is 3.05. The van der Waals surface area contributed by atoms with Crippen LogP contribution in [-0.4, -0.2) is 5.91 Å². The molecule has 0 unspecified atom stereocenters. The zero-order valence-electron chi connectivity index (χ0n) is 16.2. The van der Waals surface area contributed by atoms with Gasteiger partial charge in [0.15, 0.2) is 0 Å². The molecule has 3 heteroatoms. The third-order valence-corrected chi connectivity index (χ3v) is 4.66. The highest BCUT2D eigenvalue weighted by molar-refractivity contribution is 5.87. The number of carbonyl (C=O) groups excluding carboxylic acids is 1. The number of nitrogens with one attached hydrogen (secondary N) is 1. The molecule has 0 saturated carbocycles. The summed E-state index contributed by atoms with van der Waals surface area (Å²) in [5.41, 5.74) is 3.25. The molecule has 0 aromatic heterocycles. The maximum absolute atomic E-state index is 11.1. The normalized spacial score (nSPS) is 14.8. The van der Waals surface area contributed by atoms with E-state index in [-0.39, 0.29) is 5.91 Å². The van der Waals surface area contributed by atoms with Crippen LogP contribution in [0.1, 0.15) is 92.4 Å². The maximum Gasteiger partial charge on any atom is 0.257 e. The van der Waals surface area contributed by atoms with Gasteiger partial charge >= 0.3 is 0 Å². The molecule has 3 nitrogen and oxygen atoms in total. The molecule has 0 aromatic rings. The first-order chi connectivity index (χ1) is 10.8. The Kier molecular flexibility index (Phi) is 13.1. The van der Waals surface area contributed by atoms with Crippen LogP contribution in [0, 0.1) is 17.8 Å². The van der Waals surface area contributed by atoms with Gasteiger partial charge in [-0.15, -0.1) is 0 Å². The number of nitrogens with two attached hydrogens (primary N) is 1. The van der Waals surface area contributed by atoms with Gasteiger partial charge in [0.05, 0.1) is 0 Å². The Bertz CT molecular complexity index is 337. The summed E-state index contributed by atoms with van der Waals surface area (Å²) in [6, 6.07) is 0. The van der Waals surface area contributed by atoms with Gasteiger partial charge in [-0.05, 0) is 37.5 Å². The fraction of sp³-hybridized carbons (Fsp3) is 0.850. The topological polar surface area (TPSA) is 55.1 Å². The van der Waals surface area contributed by atoms with Gasteiger partial charge in [-0.1, -0.05) is 78.2 Å². The van der Waals surface area contributed by atoms with Gasteiger partial charge in [0, 0.05) is 6.08 Å². The lowest BCUT2D eigenvalue weighted by Crippen LogP contribution is -2.28. The Hall–Kier alpha value is -0.830. The number of carbonyl (C=O) groups is 1. The van der Waals surface area contributed by atoms with Gasteiger partial charge in [0.25, 0.3) is 5.91 Å². The van der Waals surface area contributed by atoms with Crippen LogP contribution in [-0.2, 0) is 4.79 Å². The lowest BCUT2D eigenvalue weighted by Gasteiger charge is -2.15. The lowest BCUT2D eigenvalue weighted by molar-refractivity contribution is -0.116. The molecule has 0 aliphatic heterocycles. The van der Waals surface area contributed by atoms with Crippen molar-refractivity contribution in [3.63, 3.8) is 0 Å². The van der Waals surface area contributed by atoms with Crippen molar-refractivity contribution in [3.8, 4) is 0 Å². The molecule has 0 aromatic carbocycles. The van der Waals surface area contributed by atoms with Gasteiger partial charge in [-0.3, -0.25) is 10.2 Å². The molecule has 3 N–H and O–H groups in total. The Morgan fingerprint density at radius 1 is 0.913 bits per heavy atom. The zero-order valence-corrected chi connectivity index (χ0v) is 16.2. The average Bonchev–Trinajstić information content (AvgIpc) is 2.46. The van der Waals surface area contributed by atoms with Crippen LogP contribution in [0.4, 0.5) is 0 Å². The molecular weight excluding hydrogens is 284 g/mol. The molecule has 0 fully saturated rings. The van der Waals surface area contributed by atoms with Crippen molar-refractivity contribution in [3.05, 3.63) is 11.6 Å². The molecule has 0 spiro atoms. The van der Waals surface area contributed by atoms with Gasteiger partial charge in [-0.25, -0.2) is 5.84 Å². The van der Waals surface area contributed by atoms with E-state index in [1.54, 1.807) is 6.08 Å². The van der Waals surface area contributed by atoms with E-state index < -0.39 is 0 Å². The minimum Gasteiger partial charge on any atom is -0.291 e. The molecular formula is C20H40N2O. The number of rotatable bonds is 13. The highest BCUT2D eigenvalue weighted by Gasteiger charge is 2.07. The predicted molar refractivity (Wildman–Crippen MR) is 101 cm³/mol. The van der Waals surface area contributed by atoms with E-state index in [1.807, 2.05) is 6.92 Å². The summed E-state index contributed by atoms with van der Waals surface area (Å²) in [6.45, 7) is 11.4. The number of hydrogen-bond donors (Lipinski definition) is 2. The second kappa shape index (κ2) is 13.6. The highest BCUT2D eigenvalue weighted by Crippen LogP contribution is 2.21. The van der Waals surface area contributed by atoms with E-state index in [1.165, 1.54) is 44.9 Å². The summed E-state index contributed by atoms with van der Waals surface area (Å²) < 4.78 is 0. The van der Waals surface area contributed by atoms with Crippen molar-refractivity contribution in [1.82, 2.24) is 5.43 Å². The standard InChI is InChI=1S/C20H40N2O/c1-16(2)9-6-10-17(3)11-7-12-18(4)13-8-14-19(5)15-20(23)22-21/h15-18H,6-14,21H2,1-5H3,(H,22,23)/b19-15+/t17-,18-/m1/s1. The van der Waals surface area contributed by atoms with E-state index in [2.05, 4.69) is 33.1 Å². The largest absolute Gasteiger partial charge is 0.291 e. The van der Waals surface area contributed by atoms with Crippen molar-refractivity contribution in [1.29, 1.82) is 0 Å². The minimum atomic E-state index is -0.206. The molecule has 2 atom stereocenters. The van der Waals surface area contributed by atoms with Crippen LogP contribution < -0.4 is 11.3 Å². The first kappa shape index (κ1) is 22.2. The number of allylic oxidation sites excluding steroid dienone is 1. The van der Waals surface area contributed by atoms with E-state index in [0.29, 0.717) is 0 Å². The molecule has 0 rings (SSSR count). The Labute approximate surface area is 144 Å². The summed E-state index contributed by atoms with van der Waals surface area (Å²) in [5.74, 6) is 7.38. The third-order valence-electron chi connectivity index (χ3n) is 4.66. The van der Waals surface area contributed by atoms with Crippen molar-refractivity contribution in [2.24, 2.45) is 23.6 Å². The summed E-state index contributed by atoms with van der Waals surface area (Å²) in [6.07, 6.45) is 13.2. The highest BCUT2D eigenvalue weighted by atomic mass is 16.2. The van der Waals surface area contributed by atoms with Crippen molar-refractivity contribution in [2.75, 3.05) is 0 Å². The van der Waals surface area contributed by atoms with Gasteiger partial charge in [0.2, 0.25) is 0 Å². The monoisotopic (exact) mass is 324 g/mol. The Morgan fingerprint density at radius 2 is 1.39 bits per heavy atom. The summed E-state index contributed by atoms with van der Waals surface area (Å²) in [7, 11) is 0. The van der Waals surface area contributed by atoms with E-state index >= 15 is 0 Å². The predicted octanol–water partition coefficient (Wildman–Crippen LogP) is 5.36. The first-order valence-electron chi connectivity index (χ1n) is 9.52. The molecule has 0 saturated heterocycles. The van der Waals surface area contributed by atoms with Crippen LogP contribution in [0.5, 0.6) is 0 Å². The molecule has 1 amide bonds. The van der Waals surface area contributed by atoms with Crippen molar-refractivity contribution < 1.29 is 4.79 Å². The number of amides is 1. The van der Waals surface area contributed by atoms with Crippen LogP contribution in [0.25, 0.3) is 0 Å². The molecule has 0 aliphatic carbocycles. The molecule has 23 heavy (non-hydrogen) atoms. The van der Waals surface area contributed by atoms with Gasteiger partial charge in [0.1, 0.15) is 0 Å². The van der Waals surface area contributed by atoms with E-state index in [4.69, 9.17) is 5.84 Å². The zero-order chi connectivity index (χ0) is 17.7. The second-order valence-corrected chi connectivity index (χ2v) is 7.86. The average molecular weight is 325 g/mol. The van der Waals surface area contributed by atoms with Crippen LogP contribution in [0.3, 0.4) is 0 Å². The lowest BCUT2D eigenvalue weighted by atomic mass is 9.91. The SMILES string of the molecule is C/C(=C\C(=O)NN)CCC[C@H](C)CCC[C@H](C)CCCC(C)C. The van der Waals surface area contributed by atoms with Crippen molar-refractivity contribution in [2.45, 2.75) is 92.4 Å². The minimum absolute atomic E-state index is 0.206. The molecule has 0 heterocycles. The summed E-state index contributed by atoms with van der Waals surface area (Å²) in [4.78, 5) is 11.1. The summed E-state index contributed by atoms with van der Waals surface area (Å²) in [5, 5.41) is 0. The quantitative estimate of drug-likeness (QED) is 0.207. The molecule has 136 valence electrons. The number of hydrogen-bond acceptors (Lipinski definition) is 2. The van der Waals surface area contributed by atoms with E-state index in [9.17, 15) is 4.79 Å². The maximum atomic E-state index is 11.1. The molecule has 0 bridgehead atoms. The Balaban J connectivity index is 3.65. The first-order valence-corrected chi connectivity index (χ1v) is 9.52. The fourth-order valence-corrected chi connectivity index (χ4v) is 3.05. The van der Waals surface area contributed by atoms with Crippen LogP contribution in [0.15, 0.2) is 11.6 Å². The molecule has 0 radical (unpaired) electrons. The Morgan fingerprint density at radius 3 is 1.87 bits per heavy atom. The van der Waals surface area contributed by atoms with Gasteiger partial charge in [-0.2, -0.15) is 0 Å². The van der Waals surface area contributed by atoms with Crippen LogP contribution >= 0.6 is 0 Å². The van der Waals surface area contributed by atoms with E-state index in [0.717, 1.165) is 36.2 Å².